The number of benzene rings is 1. The van der Waals surface area contributed by atoms with E-state index in [2.05, 4.69) is 5.32 Å². The Labute approximate surface area is 159 Å². The third-order valence-electron chi connectivity index (χ3n) is 3.88. The number of nitrogens with one attached hydrogen (secondary N) is 1. The van der Waals surface area contributed by atoms with Gasteiger partial charge in [-0.1, -0.05) is 0 Å². The van der Waals surface area contributed by atoms with Crippen LogP contribution in [0.3, 0.4) is 0 Å². The van der Waals surface area contributed by atoms with E-state index in [1.54, 1.807) is 36.6 Å². The minimum absolute atomic E-state index is 0.195. The van der Waals surface area contributed by atoms with Crippen molar-refractivity contribution in [1.29, 1.82) is 0 Å². The number of hydrogen-bond donors (Lipinski definition) is 2. The van der Waals surface area contributed by atoms with Gasteiger partial charge in [-0.05, 0) is 52.7 Å². The first kappa shape index (κ1) is 18.4. The van der Waals surface area contributed by atoms with Gasteiger partial charge in [-0.3, -0.25) is 4.79 Å². The number of aliphatic hydroxyl groups excluding tert-OH is 1. The predicted octanol–water partition coefficient (Wildman–Crippen LogP) is 3.84. The van der Waals surface area contributed by atoms with Crippen LogP contribution in [0.25, 0.3) is 0 Å². The maximum Gasteiger partial charge on any atom is 0.251 e. The molecular formula is C19H19NO4S2. The Morgan fingerprint density at radius 1 is 1.15 bits per heavy atom. The summed E-state index contributed by atoms with van der Waals surface area (Å²) in [6.07, 6.45) is -0.624. The monoisotopic (exact) mass is 389 g/mol. The molecule has 26 heavy (non-hydrogen) atoms. The average Bonchev–Trinajstić information content (AvgIpc) is 3.36. The highest BCUT2D eigenvalue weighted by molar-refractivity contribution is 7.12. The largest absolute Gasteiger partial charge is 0.493 e. The first-order valence-electron chi connectivity index (χ1n) is 7.91. The van der Waals surface area contributed by atoms with Crippen molar-refractivity contribution in [2.75, 3.05) is 14.2 Å². The van der Waals surface area contributed by atoms with Gasteiger partial charge in [-0.2, -0.15) is 11.3 Å². The maximum absolute atomic E-state index is 12.4. The molecule has 0 aliphatic rings. The van der Waals surface area contributed by atoms with Crippen molar-refractivity contribution in [2.24, 2.45) is 0 Å². The van der Waals surface area contributed by atoms with Crippen LogP contribution in [0.1, 0.15) is 31.8 Å². The van der Waals surface area contributed by atoms with E-state index >= 15 is 0 Å². The second-order valence-electron chi connectivity index (χ2n) is 5.52. The molecule has 0 fully saturated rings. The number of rotatable bonds is 7. The van der Waals surface area contributed by atoms with E-state index in [9.17, 15) is 9.90 Å². The van der Waals surface area contributed by atoms with Gasteiger partial charge in [0.1, 0.15) is 6.10 Å². The van der Waals surface area contributed by atoms with E-state index in [0.29, 0.717) is 23.6 Å². The lowest BCUT2D eigenvalue weighted by atomic mass is 10.1. The van der Waals surface area contributed by atoms with Gasteiger partial charge in [-0.15, -0.1) is 11.3 Å². The molecule has 1 unspecified atom stereocenters. The standard InChI is InChI=1S/C19H19NO4S2/c1-23-15-5-3-12(9-16(15)24-2)19(22)20-10-14-4-6-17(26-14)18(21)13-7-8-25-11-13/h3-9,11,18,21H,10H2,1-2H3,(H,20,22). The summed E-state index contributed by atoms with van der Waals surface area (Å²) in [7, 11) is 3.09. The highest BCUT2D eigenvalue weighted by Gasteiger charge is 2.14. The summed E-state index contributed by atoms with van der Waals surface area (Å²) < 4.78 is 10.4. The van der Waals surface area contributed by atoms with Crippen LogP contribution in [0.5, 0.6) is 11.5 Å². The van der Waals surface area contributed by atoms with Crippen LogP contribution in [0.2, 0.25) is 0 Å². The maximum atomic E-state index is 12.4. The van der Waals surface area contributed by atoms with Crippen LogP contribution in [0.15, 0.2) is 47.2 Å². The van der Waals surface area contributed by atoms with Gasteiger partial charge < -0.3 is 19.9 Å². The second-order valence-corrected chi connectivity index (χ2v) is 7.50. The molecule has 2 aromatic heterocycles. The highest BCUT2D eigenvalue weighted by Crippen LogP contribution is 2.30. The van der Waals surface area contributed by atoms with E-state index in [-0.39, 0.29) is 5.91 Å². The number of carbonyl (C=O) groups excluding carboxylic acids is 1. The molecule has 0 radical (unpaired) electrons. The smallest absolute Gasteiger partial charge is 0.251 e. The first-order chi connectivity index (χ1) is 12.6. The summed E-state index contributed by atoms with van der Waals surface area (Å²) in [5.41, 5.74) is 1.38. The van der Waals surface area contributed by atoms with Gasteiger partial charge in [-0.25, -0.2) is 0 Å². The lowest BCUT2D eigenvalue weighted by molar-refractivity contribution is 0.0951. The predicted molar refractivity (Wildman–Crippen MR) is 103 cm³/mol. The summed E-state index contributed by atoms with van der Waals surface area (Å²) in [6, 6.07) is 10.8. The third-order valence-corrected chi connectivity index (χ3v) is 5.72. The Kier molecular flexibility index (Phi) is 5.92. The lowest BCUT2D eigenvalue weighted by Gasteiger charge is -2.09. The molecule has 5 nitrogen and oxygen atoms in total. The fourth-order valence-corrected chi connectivity index (χ4v) is 4.12. The Hall–Kier alpha value is -2.35. The molecule has 1 aromatic carbocycles. The van der Waals surface area contributed by atoms with E-state index in [1.807, 2.05) is 29.0 Å². The second kappa shape index (κ2) is 8.35. The fourth-order valence-electron chi connectivity index (χ4n) is 2.48. The summed E-state index contributed by atoms with van der Waals surface area (Å²) in [5, 5.41) is 17.1. The molecule has 136 valence electrons. The topological polar surface area (TPSA) is 67.8 Å². The summed E-state index contributed by atoms with van der Waals surface area (Å²) in [4.78, 5) is 14.2. The molecule has 0 saturated carbocycles. The molecule has 0 aliphatic heterocycles. The zero-order valence-electron chi connectivity index (χ0n) is 14.4. The number of aliphatic hydroxyl groups is 1. The van der Waals surface area contributed by atoms with Gasteiger partial charge in [0.25, 0.3) is 5.91 Å². The van der Waals surface area contributed by atoms with E-state index in [4.69, 9.17) is 9.47 Å². The minimum Gasteiger partial charge on any atom is -0.493 e. The molecule has 2 heterocycles. The van der Waals surface area contributed by atoms with Gasteiger partial charge >= 0.3 is 0 Å². The van der Waals surface area contributed by atoms with E-state index < -0.39 is 6.10 Å². The van der Waals surface area contributed by atoms with Crippen molar-refractivity contribution in [1.82, 2.24) is 5.32 Å². The summed E-state index contributed by atoms with van der Waals surface area (Å²) >= 11 is 3.04. The molecule has 2 N–H and O–H groups in total. The van der Waals surface area contributed by atoms with Gasteiger partial charge in [0, 0.05) is 15.3 Å². The highest BCUT2D eigenvalue weighted by atomic mass is 32.1. The fraction of sp³-hybridized carbons (Fsp3) is 0.211. The molecule has 0 bridgehead atoms. The quantitative estimate of drug-likeness (QED) is 0.644. The molecule has 1 amide bonds. The Balaban J connectivity index is 1.63. The SMILES string of the molecule is COc1ccc(C(=O)NCc2ccc(C(O)c3ccsc3)s2)cc1OC. The normalized spacial score (nSPS) is 11.8. The molecule has 1 atom stereocenters. The van der Waals surface area contributed by atoms with Gasteiger partial charge in [0.05, 0.1) is 20.8 Å². The van der Waals surface area contributed by atoms with Crippen LogP contribution in [0, 0.1) is 0 Å². The molecule has 3 rings (SSSR count). The number of amides is 1. The first-order valence-corrected chi connectivity index (χ1v) is 9.67. The molecule has 7 heteroatoms. The van der Waals surface area contributed by atoms with Crippen molar-refractivity contribution in [3.05, 3.63) is 68.0 Å². The number of hydrogen-bond acceptors (Lipinski definition) is 6. The molecule has 0 aliphatic carbocycles. The van der Waals surface area contributed by atoms with Crippen LogP contribution in [-0.2, 0) is 6.54 Å². The Bertz CT molecular complexity index is 874. The lowest BCUT2D eigenvalue weighted by Crippen LogP contribution is -2.22. The minimum atomic E-state index is -0.624. The number of methoxy groups -OCH3 is 2. The number of thiophene rings is 2. The van der Waals surface area contributed by atoms with E-state index in [0.717, 1.165) is 15.3 Å². The van der Waals surface area contributed by atoms with Crippen molar-refractivity contribution in [3.63, 3.8) is 0 Å². The van der Waals surface area contributed by atoms with E-state index in [1.165, 1.54) is 18.4 Å². The zero-order valence-corrected chi connectivity index (χ0v) is 16.0. The molecular weight excluding hydrogens is 370 g/mol. The van der Waals surface area contributed by atoms with Gasteiger partial charge in [0.2, 0.25) is 0 Å². The van der Waals surface area contributed by atoms with Crippen molar-refractivity contribution in [3.8, 4) is 11.5 Å². The van der Waals surface area contributed by atoms with Crippen LogP contribution >= 0.6 is 22.7 Å². The van der Waals surface area contributed by atoms with Crippen LogP contribution in [-0.4, -0.2) is 25.2 Å². The zero-order chi connectivity index (χ0) is 18.5. The van der Waals surface area contributed by atoms with Crippen molar-refractivity contribution < 1.29 is 19.4 Å². The summed E-state index contributed by atoms with van der Waals surface area (Å²) in [5.74, 6) is 0.895. The summed E-state index contributed by atoms with van der Waals surface area (Å²) in [6.45, 7) is 0.397. The van der Waals surface area contributed by atoms with Gasteiger partial charge in [0.15, 0.2) is 11.5 Å². The molecule has 0 saturated heterocycles. The third kappa shape index (κ3) is 4.07. The average molecular weight is 389 g/mol. The number of ether oxygens (including phenoxy) is 2. The molecule has 0 spiro atoms. The van der Waals surface area contributed by atoms with Crippen LogP contribution < -0.4 is 14.8 Å². The van der Waals surface area contributed by atoms with Crippen LogP contribution in [0.4, 0.5) is 0 Å². The Morgan fingerprint density at radius 3 is 2.65 bits per heavy atom. The molecule has 3 aromatic rings. The van der Waals surface area contributed by atoms with Crippen molar-refractivity contribution >= 4 is 28.6 Å². The Morgan fingerprint density at radius 2 is 1.96 bits per heavy atom. The van der Waals surface area contributed by atoms with Crippen molar-refractivity contribution in [2.45, 2.75) is 12.6 Å². The number of carbonyl (C=O) groups is 1.